The van der Waals surface area contributed by atoms with Gasteiger partial charge in [-0.1, -0.05) is 276 Å². The van der Waals surface area contributed by atoms with Crippen LogP contribution in [0.15, 0.2) is 0 Å². The lowest BCUT2D eigenvalue weighted by Crippen LogP contribution is -2.47. The van der Waals surface area contributed by atoms with Gasteiger partial charge in [0.05, 0.1) is 72.7 Å². The number of alkyl halides is 8. The van der Waals surface area contributed by atoms with E-state index in [-0.39, 0.29) is 0 Å². The largest absolute Gasteiger partial charge is 0.130 e. The second-order valence-corrected chi connectivity index (χ2v) is 106. The van der Waals surface area contributed by atoms with Crippen molar-refractivity contribution in [2.75, 3.05) is 44.0 Å². The zero-order valence-electron chi connectivity index (χ0n) is 52.2. The first-order valence-electron chi connectivity index (χ1n) is 29.5. The summed E-state index contributed by atoms with van der Waals surface area (Å²) in [5, 5.41) is 0. The molecule has 0 bridgehead atoms. The SMILES string of the molecule is C[Si](C)(CCl)CC[Si](C)(CC[Si](C)(C)CCl)CC[Si](CC[Si](C)(CC[Si](C)(C)CCl)CC[Si](C)(C)CCl)(CC[Si](C)(CC[Si](C)(C)CCl)CC[Si](C)(C)CCl)CC[Si](C)(CC[Si](C)(C)CCl)CC[Si](C)(C)CCl. The topological polar surface area (TPSA) is 0 Å². The molecule has 0 saturated heterocycles. The number of hydrogen-bond donors (Lipinski definition) is 0. The van der Waals surface area contributed by atoms with Crippen LogP contribution in [0.5, 0.6) is 0 Å². The zero-order valence-corrected chi connectivity index (χ0v) is 71.2. The summed E-state index contributed by atoms with van der Waals surface area (Å²) in [4.78, 5) is 0. The number of halogens is 8. The molecule has 0 rings (SSSR count). The van der Waals surface area contributed by atoms with Gasteiger partial charge in [-0.3, -0.25) is 0 Å². The predicted molar refractivity (Wildman–Crippen MR) is 393 cm³/mol. The lowest BCUT2D eigenvalue weighted by molar-refractivity contribution is 1.01. The minimum Gasteiger partial charge on any atom is -0.130 e. The van der Waals surface area contributed by atoms with E-state index in [0.29, 0.717) is 0 Å². The molecule has 0 aliphatic rings. The van der Waals surface area contributed by atoms with Crippen molar-refractivity contribution in [2.45, 2.75) is 276 Å². The Hall–Kier alpha value is 5.14. The second kappa shape index (κ2) is 33.7. The Labute approximate surface area is 512 Å². The fourth-order valence-electron chi connectivity index (χ4n) is 10.2. The number of hydrogen-bond acceptors (Lipinski definition) is 0. The predicted octanol–water partition coefficient (Wildman–Crippen LogP) is 23.6. The maximum atomic E-state index is 6.83. The first-order chi connectivity index (χ1) is 33.0. The average molecular weight is 1400 g/mol. The maximum Gasteiger partial charge on any atom is 0.0637 e. The Bertz CT molecular complexity index is 1230. The molecule has 0 heterocycles. The van der Waals surface area contributed by atoms with Gasteiger partial charge >= 0.3 is 0 Å². The summed E-state index contributed by atoms with van der Waals surface area (Å²) >= 11 is 54.6. The Kier molecular flexibility index (Phi) is 36.1. The molecule has 0 amide bonds. The van der Waals surface area contributed by atoms with Crippen LogP contribution in [0.3, 0.4) is 0 Å². The van der Waals surface area contributed by atoms with Gasteiger partial charge in [-0.05, 0) is 0 Å². The van der Waals surface area contributed by atoms with E-state index < -0.39 is 105 Å². The highest BCUT2D eigenvalue weighted by Crippen LogP contribution is 2.47. The summed E-state index contributed by atoms with van der Waals surface area (Å²) in [6.07, 6.45) is 0. The molecule has 0 aliphatic heterocycles. The van der Waals surface area contributed by atoms with Crippen LogP contribution in [0.25, 0.3) is 0 Å². The fraction of sp³-hybridized carbons (Fsp3) is 1.00. The van der Waals surface area contributed by atoms with E-state index in [2.05, 4.69) is 131 Å². The molecule has 21 heteroatoms. The molecule has 73 heavy (non-hydrogen) atoms. The third kappa shape index (κ3) is 34.0. The van der Waals surface area contributed by atoms with Crippen molar-refractivity contribution in [2.24, 2.45) is 0 Å². The maximum absolute atomic E-state index is 6.83. The molecule has 0 aromatic rings. The van der Waals surface area contributed by atoms with Crippen LogP contribution in [-0.4, -0.2) is 149 Å². The summed E-state index contributed by atoms with van der Waals surface area (Å²) in [6, 6.07) is 35.5. The summed E-state index contributed by atoms with van der Waals surface area (Å²) in [7, 11) is -20.1. The highest BCUT2D eigenvalue weighted by atomic mass is 35.5. The Morgan fingerprint density at radius 1 is 0.151 bits per heavy atom. The van der Waals surface area contributed by atoms with Gasteiger partial charge in [0.2, 0.25) is 0 Å². The van der Waals surface area contributed by atoms with Crippen molar-refractivity contribution in [1.82, 2.24) is 0 Å². The van der Waals surface area contributed by atoms with E-state index in [0.717, 1.165) is 44.0 Å². The highest BCUT2D eigenvalue weighted by Gasteiger charge is 2.45. The molecule has 0 nitrogen and oxygen atoms in total. The quantitative estimate of drug-likeness (QED) is 0.0421. The van der Waals surface area contributed by atoms with Gasteiger partial charge in [0.25, 0.3) is 0 Å². The monoisotopic (exact) mass is 1390 g/mol. The molecule has 0 aliphatic carbocycles. The third-order valence-corrected chi connectivity index (χ3v) is 83.9. The van der Waals surface area contributed by atoms with Crippen LogP contribution in [0.1, 0.15) is 0 Å². The molecule has 0 atom stereocenters. The van der Waals surface area contributed by atoms with Crippen molar-refractivity contribution in [3.8, 4) is 0 Å². The molecule has 0 saturated carbocycles. The van der Waals surface area contributed by atoms with Crippen LogP contribution in [0, 0.1) is 0 Å². The van der Waals surface area contributed by atoms with E-state index in [9.17, 15) is 0 Å². The van der Waals surface area contributed by atoms with Gasteiger partial charge in [-0.2, -0.15) is 0 Å². The van der Waals surface area contributed by atoms with E-state index >= 15 is 0 Å². The molecule has 0 spiro atoms. The van der Waals surface area contributed by atoms with Gasteiger partial charge in [0, 0.05) is 76.3 Å². The molecule has 0 radical (unpaired) electrons. The van der Waals surface area contributed by atoms with Crippen LogP contribution >= 0.6 is 92.8 Å². The first kappa shape index (κ1) is 78.1. The van der Waals surface area contributed by atoms with Crippen molar-refractivity contribution in [1.29, 1.82) is 0 Å². The van der Waals surface area contributed by atoms with Gasteiger partial charge < -0.3 is 0 Å². The Morgan fingerprint density at radius 2 is 0.247 bits per heavy atom. The summed E-state index contributed by atoms with van der Waals surface area (Å²) < 4.78 is 0. The Morgan fingerprint density at radius 3 is 0.342 bits per heavy atom. The van der Waals surface area contributed by atoms with E-state index in [1.54, 1.807) is 48.4 Å². The highest BCUT2D eigenvalue weighted by molar-refractivity contribution is 6.95. The van der Waals surface area contributed by atoms with E-state index in [4.69, 9.17) is 92.8 Å². The van der Waals surface area contributed by atoms with Gasteiger partial charge in [-0.25, -0.2) is 0 Å². The van der Waals surface area contributed by atoms with Crippen LogP contribution in [0.2, 0.25) is 276 Å². The van der Waals surface area contributed by atoms with Gasteiger partial charge in [0.15, 0.2) is 0 Å². The molecule has 0 unspecified atom stereocenters. The van der Waals surface area contributed by atoms with Crippen molar-refractivity contribution in [3.63, 3.8) is 0 Å². The van der Waals surface area contributed by atoms with Crippen LogP contribution in [-0.2, 0) is 0 Å². The first-order valence-corrected chi connectivity index (χ1v) is 76.4. The normalized spacial score (nSPS) is 15.0. The summed E-state index contributed by atoms with van der Waals surface area (Å²) in [5.41, 5.74) is 7.11. The van der Waals surface area contributed by atoms with Gasteiger partial charge in [0.1, 0.15) is 0 Å². The fourth-order valence-corrected chi connectivity index (χ4v) is 78.1. The molecular formula is C52H124Cl8Si13. The van der Waals surface area contributed by atoms with E-state index in [1.807, 2.05) is 0 Å². The molecule has 0 N–H and O–H groups in total. The third-order valence-electron chi connectivity index (χ3n) is 19.2. The molecule has 0 aromatic heterocycles. The Balaban J connectivity index is 8.48. The van der Waals surface area contributed by atoms with Crippen molar-refractivity contribution >= 4 is 198 Å². The molecule has 0 aromatic carbocycles. The average Bonchev–Trinajstić information content (AvgIpc) is 3.34. The van der Waals surface area contributed by atoms with Gasteiger partial charge in [-0.15, -0.1) is 92.8 Å². The number of rotatable bonds is 44. The second-order valence-electron chi connectivity index (χ2n) is 33.1. The van der Waals surface area contributed by atoms with Crippen LogP contribution in [0.4, 0.5) is 0 Å². The molecular weight excluding hydrogens is 1270 g/mol. The minimum absolute atomic E-state index is 0.889. The lowest BCUT2D eigenvalue weighted by atomic mass is 10.8. The zero-order chi connectivity index (χ0) is 57.1. The standard InChI is InChI=1S/C52H124Cl8Si13/c1-61(2,45-53)21-29-69(17,30-22-62(3,4)46-54)37-41-73(42-38-70(18,31-23-63(5,6)47-55)32-24-64(7,8)48-56,43-39-71(19,33-25-65(9,10)49-57)34-26-66(11,12)50-58)44-40-72(20,35-27-67(13,14)51-59)36-28-68(15,16)52-60/h21-52H2,1-20H3. The minimum atomic E-state index is -1.88. The van der Waals surface area contributed by atoms with Crippen LogP contribution < -0.4 is 0 Å². The lowest BCUT2D eigenvalue weighted by Gasteiger charge is -2.44. The van der Waals surface area contributed by atoms with Crippen molar-refractivity contribution < 1.29 is 0 Å². The summed E-state index contributed by atoms with van der Waals surface area (Å²) in [5.74, 6) is 0. The smallest absolute Gasteiger partial charge is 0.0637 e. The molecule has 0 fully saturated rings. The van der Waals surface area contributed by atoms with E-state index in [1.165, 1.54) is 96.7 Å². The summed E-state index contributed by atoms with van der Waals surface area (Å²) in [6.45, 7) is 52.7. The van der Waals surface area contributed by atoms with Crippen molar-refractivity contribution in [3.05, 3.63) is 0 Å². The molecule has 440 valence electrons.